The van der Waals surface area contributed by atoms with Crippen LogP contribution in [0.1, 0.15) is 44.7 Å². The fraction of sp³-hybridized carbons (Fsp3) is 0.259. The smallest absolute Gasteiger partial charge is 0.261 e. The molecule has 1 N–H and O–H groups in total. The Labute approximate surface area is 200 Å². The molecule has 0 atom stereocenters. The van der Waals surface area contributed by atoms with Gasteiger partial charge in [-0.15, -0.1) is 0 Å². The van der Waals surface area contributed by atoms with Crippen molar-refractivity contribution >= 4 is 27.4 Å². The number of benzene rings is 3. The molecule has 1 saturated heterocycles. The number of carbonyl (C=O) groups excluding carboxylic acids is 2. The summed E-state index contributed by atoms with van der Waals surface area (Å²) in [5.74, 6) is -0.229. The number of ketones is 1. The van der Waals surface area contributed by atoms with Crippen LogP contribution in [-0.2, 0) is 10.0 Å². The number of aryl methyl sites for hydroxylation is 2. The van der Waals surface area contributed by atoms with Gasteiger partial charge in [-0.25, -0.2) is 8.42 Å². The molecule has 0 unspecified atom stereocenters. The third kappa shape index (κ3) is 5.37. The summed E-state index contributed by atoms with van der Waals surface area (Å²) in [6.07, 6.45) is 1.18. The maximum Gasteiger partial charge on any atom is 0.261 e. The Morgan fingerprint density at radius 3 is 2.03 bits per heavy atom. The number of Topliss-reactive ketones (excluding diaryl/α,β-unsaturated/α-hetero) is 1. The van der Waals surface area contributed by atoms with Crippen LogP contribution < -0.4 is 4.72 Å². The zero-order valence-electron chi connectivity index (χ0n) is 19.3. The van der Waals surface area contributed by atoms with Gasteiger partial charge in [0.05, 0.1) is 4.90 Å². The Morgan fingerprint density at radius 2 is 1.41 bits per heavy atom. The molecular formula is C27H28N2O4S. The number of piperidine rings is 1. The molecule has 0 saturated carbocycles. The summed E-state index contributed by atoms with van der Waals surface area (Å²) in [5.41, 5.74) is 3.61. The zero-order chi connectivity index (χ0) is 24.3. The minimum Gasteiger partial charge on any atom is -0.339 e. The van der Waals surface area contributed by atoms with Crippen LogP contribution in [0.5, 0.6) is 0 Å². The van der Waals surface area contributed by atoms with Gasteiger partial charge in [-0.05, 0) is 57.0 Å². The molecule has 4 rings (SSSR count). The van der Waals surface area contributed by atoms with Crippen LogP contribution >= 0.6 is 0 Å². The lowest BCUT2D eigenvalue weighted by molar-refractivity contribution is 0.0650. The van der Waals surface area contributed by atoms with Crippen LogP contribution in [0.3, 0.4) is 0 Å². The van der Waals surface area contributed by atoms with E-state index in [0.29, 0.717) is 42.7 Å². The summed E-state index contributed by atoms with van der Waals surface area (Å²) in [6, 6.07) is 20.7. The maximum absolute atomic E-state index is 13.1. The molecular weight excluding hydrogens is 448 g/mol. The molecule has 176 valence electrons. The van der Waals surface area contributed by atoms with E-state index in [-0.39, 0.29) is 22.5 Å². The van der Waals surface area contributed by atoms with Crippen molar-refractivity contribution in [2.24, 2.45) is 5.92 Å². The first-order chi connectivity index (χ1) is 16.2. The van der Waals surface area contributed by atoms with Gasteiger partial charge in [0.15, 0.2) is 5.78 Å². The Kier molecular flexibility index (Phi) is 6.84. The number of hydrogen-bond donors (Lipinski definition) is 1. The number of likely N-dealkylation sites (tertiary alicyclic amines) is 1. The topological polar surface area (TPSA) is 83.6 Å². The number of nitrogens with one attached hydrogen (secondary N) is 1. The molecule has 1 heterocycles. The summed E-state index contributed by atoms with van der Waals surface area (Å²) in [7, 11) is -3.83. The van der Waals surface area contributed by atoms with Crippen LogP contribution in [-0.4, -0.2) is 38.1 Å². The first-order valence-corrected chi connectivity index (χ1v) is 12.8. The Bertz CT molecular complexity index is 1290. The van der Waals surface area contributed by atoms with Gasteiger partial charge >= 0.3 is 0 Å². The highest BCUT2D eigenvalue weighted by atomic mass is 32.2. The predicted molar refractivity (Wildman–Crippen MR) is 133 cm³/mol. The van der Waals surface area contributed by atoms with Gasteiger partial charge < -0.3 is 4.90 Å². The van der Waals surface area contributed by atoms with Crippen LogP contribution in [0.4, 0.5) is 5.69 Å². The normalized spacial score (nSPS) is 14.6. The average Bonchev–Trinajstić information content (AvgIpc) is 2.85. The van der Waals surface area contributed by atoms with Crippen LogP contribution in [0.25, 0.3) is 0 Å². The standard InChI is InChI=1S/C27H28N2O4S/c1-19-6-10-21(11-7-19)26(30)22-14-16-29(17-15-22)27(31)23-4-3-5-25(18-23)34(32,33)28-24-12-8-20(2)9-13-24/h3-13,18,22,28H,14-17H2,1-2H3. The molecule has 0 spiro atoms. The lowest BCUT2D eigenvalue weighted by Gasteiger charge is -2.31. The zero-order valence-corrected chi connectivity index (χ0v) is 20.1. The summed E-state index contributed by atoms with van der Waals surface area (Å²) in [6.45, 7) is 4.82. The number of rotatable bonds is 6. The molecule has 3 aromatic carbocycles. The summed E-state index contributed by atoms with van der Waals surface area (Å²) >= 11 is 0. The summed E-state index contributed by atoms with van der Waals surface area (Å²) in [4.78, 5) is 27.6. The molecule has 6 nitrogen and oxygen atoms in total. The third-order valence-corrected chi connectivity index (χ3v) is 7.56. The quantitative estimate of drug-likeness (QED) is 0.516. The lowest BCUT2D eigenvalue weighted by Crippen LogP contribution is -2.40. The minimum atomic E-state index is -3.83. The fourth-order valence-electron chi connectivity index (χ4n) is 4.11. The van der Waals surface area contributed by atoms with E-state index in [1.165, 1.54) is 12.1 Å². The second-order valence-electron chi connectivity index (χ2n) is 8.80. The molecule has 0 aromatic heterocycles. The van der Waals surface area contributed by atoms with Crippen molar-refractivity contribution in [1.82, 2.24) is 4.90 Å². The second kappa shape index (κ2) is 9.81. The van der Waals surface area contributed by atoms with Crippen molar-refractivity contribution < 1.29 is 18.0 Å². The highest BCUT2D eigenvalue weighted by molar-refractivity contribution is 7.92. The molecule has 1 fully saturated rings. The third-order valence-electron chi connectivity index (χ3n) is 6.18. The van der Waals surface area contributed by atoms with E-state index in [1.807, 2.05) is 50.2 Å². The van der Waals surface area contributed by atoms with E-state index in [2.05, 4.69) is 4.72 Å². The van der Waals surface area contributed by atoms with Gasteiger partial charge in [0, 0.05) is 35.8 Å². The van der Waals surface area contributed by atoms with Crippen molar-refractivity contribution in [3.8, 4) is 0 Å². The van der Waals surface area contributed by atoms with E-state index in [1.54, 1.807) is 29.2 Å². The molecule has 1 aliphatic heterocycles. The SMILES string of the molecule is Cc1ccc(NS(=O)(=O)c2cccc(C(=O)N3CCC(C(=O)c4ccc(C)cc4)CC3)c2)cc1. The number of sulfonamides is 1. The van der Waals surface area contributed by atoms with E-state index < -0.39 is 10.0 Å². The Balaban J connectivity index is 1.42. The highest BCUT2D eigenvalue weighted by Gasteiger charge is 2.29. The predicted octanol–water partition coefficient (Wildman–Crippen LogP) is 4.84. The van der Waals surface area contributed by atoms with E-state index in [9.17, 15) is 18.0 Å². The van der Waals surface area contributed by atoms with Crippen molar-refractivity contribution in [3.63, 3.8) is 0 Å². The minimum absolute atomic E-state index is 0.0309. The first kappa shape index (κ1) is 23.7. The molecule has 3 aromatic rings. The van der Waals surface area contributed by atoms with E-state index in [0.717, 1.165) is 11.1 Å². The van der Waals surface area contributed by atoms with Crippen LogP contribution in [0.2, 0.25) is 0 Å². The number of carbonyl (C=O) groups is 2. The number of nitrogens with zero attached hydrogens (tertiary/aromatic N) is 1. The largest absolute Gasteiger partial charge is 0.339 e. The lowest BCUT2D eigenvalue weighted by atomic mass is 9.88. The molecule has 1 aliphatic rings. The number of hydrogen-bond acceptors (Lipinski definition) is 4. The van der Waals surface area contributed by atoms with E-state index >= 15 is 0 Å². The van der Waals surface area contributed by atoms with Gasteiger partial charge in [-0.1, -0.05) is 53.6 Å². The van der Waals surface area contributed by atoms with Gasteiger partial charge in [-0.2, -0.15) is 0 Å². The molecule has 34 heavy (non-hydrogen) atoms. The Morgan fingerprint density at radius 1 is 0.824 bits per heavy atom. The van der Waals surface area contributed by atoms with Gasteiger partial charge in [-0.3, -0.25) is 14.3 Å². The van der Waals surface area contributed by atoms with Crippen molar-refractivity contribution in [2.45, 2.75) is 31.6 Å². The summed E-state index contributed by atoms with van der Waals surface area (Å²) < 4.78 is 28.2. The van der Waals surface area contributed by atoms with Gasteiger partial charge in [0.2, 0.25) is 0 Å². The maximum atomic E-state index is 13.1. The van der Waals surface area contributed by atoms with Crippen LogP contribution in [0.15, 0.2) is 77.7 Å². The monoisotopic (exact) mass is 476 g/mol. The molecule has 0 bridgehead atoms. The fourth-order valence-corrected chi connectivity index (χ4v) is 5.22. The van der Waals surface area contributed by atoms with Crippen molar-refractivity contribution in [3.05, 3.63) is 95.1 Å². The number of anilines is 1. The summed E-state index contributed by atoms with van der Waals surface area (Å²) in [5, 5.41) is 0. The molecule has 1 amide bonds. The Hall–Kier alpha value is -3.45. The highest BCUT2D eigenvalue weighted by Crippen LogP contribution is 2.24. The average molecular weight is 477 g/mol. The van der Waals surface area contributed by atoms with E-state index in [4.69, 9.17) is 0 Å². The van der Waals surface area contributed by atoms with Crippen molar-refractivity contribution in [1.29, 1.82) is 0 Å². The van der Waals surface area contributed by atoms with Crippen molar-refractivity contribution in [2.75, 3.05) is 17.8 Å². The van der Waals surface area contributed by atoms with Gasteiger partial charge in [0.1, 0.15) is 0 Å². The number of amides is 1. The van der Waals surface area contributed by atoms with Crippen LogP contribution in [0, 0.1) is 19.8 Å². The first-order valence-electron chi connectivity index (χ1n) is 11.3. The molecule has 0 aliphatic carbocycles. The second-order valence-corrected chi connectivity index (χ2v) is 10.5. The van der Waals surface area contributed by atoms with Gasteiger partial charge in [0.25, 0.3) is 15.9 Å². The molecule has 0 radical (unpaired) electrons. The molecule has 7 heteroatoms.